The first-order chi connectivity index (χ1) is 10.1. The Morgan fingerprint density at radius 3 is 2.76 bits per heavy atom. The second kappa shape index (κ2) is 5.20. The van der Waals surface area contributed by atoms with E-state index in [1.54, 1.807) is 19.1 Å². The van der Waals surface area contributed by atoms with Crippen LogP contribution in [0.5, 0.6) is 0 Å². The molecule has 21 heavy (non-hydrogen) atoms. The van der Waals surface area contributed by atoms with Crippen molar-refractivity contribution >= 4 is 17.5 Å². The lowest BCUT2D eigenvalue weighted by molar-refractivity contribution is 0.0695. The molecule has 1 N–H and O–H groups in total. The molecule has 1 aromatic carbocycles. The van der Waals surface area contributed by atoms with E-state index in [0.717, 1.165) is 18.8 Å². The van der Waals surface area contributed by atoms with Crippen molar-refractivity contribution in [2.45, 2.75) is 20.3 Å². The minimum atomic E-state index is -0.932. The first kappa shape index (κ1) is 13.6. The van der Waals surface area contributed by atoms with E-state index >= 15 is 0 Å². The normalized spacial score (nSPS) is 17.4. The molecule has 1 atom stereocenters. The standard InChI is InChI=1S/C17H18N2O2/c1-11-9-13-5-3-4-6-15(13)19(10-11)16-8-7-14(17(20)21)12(2)18-16/h3-8,11H,9-10H2,1-2H3,(H,20,21). The van der Waals surface area contributed by atoms with Crippen LogP contribution in [0.15, 0.2) is 36.4 Å². The lowest BCUT2D eigenvalue weighted by Crippen LogP contribution is -2.31. The van der Waals surface area contributed by atoms with Crippen LogP contribution in [0.4, 0.5) is 11.5 Å². The monoisotopic (exact) mass is 282 g/mol. The van der Waals surface area contributed by atoms with Crippen molar-refractivity contribution in [3.8, 4) is 0 Å². The zero-order valence-electron chi connectivity index (χ0n) is 12.2. The number of anilines is 2. The molecule has 0 fully saturated rings. The molecule has 0 saturated heterocycles. The number of para-hydroxylation sites is 1. The highest BCUT2D eigenvalue weighted by molar-refractivity contribution is 5.89. The van der Waals surface area contributed by atoms with E-state index in [-0.39, 0.29) is 5.56 Å². The minimum Gasteiger partial charge on any atom is -0.478 e. The summed E-state index contributed by atoms with van der Waals surface area (Å²) in [6.45, 7) is 4.86. The number of nitrogens with zero attached hydrogens (tertiary/aromatic N) is 2. The quantitative estimate of drug-likeness (QED) is 0.917. The average molecular weight is 282 g/mol. The Labute approximate surface area is 124 Å². The van der Waals surface area contributed by atoms with Crippen LogP contribution in [0.2, 0.25) is 0 Å². The fourth-order valence-electron chi connectivity index (χ4n) is 2.94. The second-order valence-electron chi connectivity index (χ2n) is 5.66. The maximum Gasteiger partial charge on any atom is 0.337 e. The molecule has 0 amide bonds. The van der Waals surface area contributed by atoms with Crippen LogP contribution in [-0.4, -0.2) is 22.6 Å². The summed E-state index contributed by atoms with van der Waals surface area (Å²) in [6, 6.07) is 11.8. The van der Waals surface area contributed by atoms with Gasteiger partial charge >= 0.3 is 5.97 Å². The van der Waals surface area contributed by atoms with Gasteiger partial charge in [0.25, 0.3) is 0 Å². The van der Waals surface area contributed by atoms with E-state index in [1.165, 1.54) is 11.3 Å². The molecule has 0 saturated carbocycles. The molecular weight excluding hydrogens is 264 g/mol. The zero-order valence-corrected chi connectivity index (χ0v) is 12.2. The number of rotatable bonds is 2. The number of pyridine rings is 1. The summed E-state index contributed by atoms with van der Waals surface area (Å²) in [4.78, 5) is 17.8. The highest BCUT2D eigenvalue weighted by atomic mass is 16.4. The number of benzene rings is 1. The van der Waals surface area contributed by atoms with Crippen molar-refractivity contribution in [1.29, 1.82) is 0 Å². The van der Waals surface area contributed by atoms with E-state index in [0.29, 0.717) is 11.6 Å². The third kappa shape index (κ3) is 2.49. The Kier molecular flexibility index (Phi) is 3.37. The molecule has 1 aliphatic rings. The van der Waals surface area contributed by atoms with E-state index in [1.807, 2.05) is 6.07 Å². The van der Waals surface area contributed by atoms with Crippen molar-refractivity contribution in [1.82, 2.24) is 4.98 Å². The number of aromatic carboxylic acids is 1. The fraction of sp³-hybridized carbons (Fsp3) is 0.294. The smallest absolute Gasteiger partial charge is 0.337 e. The highest BCUT2D eigenvalue weighted by Gasteiger charge is 2.23. The summed E-state index contributed by atoms with van der Waals surface area (Å²) >= 11 is 0. The number of carboxylic acid groups (broad SMARTS) is 1. The van der Waals surface area contributed by atoms with Crippen molar-refractivity contribution < 1.29 is 9.90 Å². The van der Waals surface area contributed by atoms with Crippen molar-refractivity contribution in [3.05, 3.63) is 53.2 Å². The summed E-state index contributed by atoms with van der Waals surface area (Å²) < 4.78 is 0. The van der Waals surface area contributed by atoms with Gasteiger partial charge in [-0.1, -0.05) is 25.1 Å². The Hall–Kier alpha value is -2.36. The molecule has 0 bridgehead atoms. The van der Waals surface area contributed by atoms with Crippen LogP contribution < -0.4 is 4.90 Å². The number of aromatic nitrogens is 1. The van der Waals surface area contributed by atoms with E-state index in [4.69, 9.17) is 5.11 Å². The molecule has 2 aromatic rings. The Morgan fingerprint density at radius 2 is 2.05 bits per heavy atom. The highest BCUT2D eigenvalue weighted by Crippen LogP contribution is 2.34. The second-order valence-corrected chi connectivity index (χ2v) is 5.66. The van der Waals surface area contributed by atoms with Crippen LogP contribution in [0, 0.1) is 12.8 Å². The van der Waals surface area contributed by atoms with Crippen LogP contribution in [0.25, 0.3) is 0 Å². The zero-order chi connectivity index (χ0) is 15.0. The fourth-order valence-corrected chi connectivity index (χ4v) is 2.94. The van der Waals surface area contributed by atoms with Crippen LogP contribution in [0.1, 0.15) is 28.5 Å². The average Bonchev–Trinajstić information content (AvgIpc) is 2.45. The van der Waals surface area contributed by atoms with Gasteiger partial charge < -0.3 is 10.0 Å². The summed E-state index contributed by atoms with van der Waals surface area (Å²) in [6.07, 6.45) is 1.07. The number of carbonyl (C=O) groups is 1. The van der Waals surface area contributed by atoms with E-state index < -0.39 is 5.97 Å². The van der Waals surface area contributed by atoms with Gasteiger partial charge in [-0.25, -0.2) is 9.78 Å². The third-order valence-corrected chi connectivity index (χ3v) is 3.92. The third-order valence-electron chi connectivity index (χ3n) is 3.92. The lowest BCUT2D eigenvalue weighted by Gasteiger charge is -2.34. The molecule has 1 aromatic heterocycles. The number of hydrogen-bond donors (Lipinski definition) is 1. The van der Waals surface area contributed by atoms with Crippen LogP contribution >= 0.6 is 0 Å². The van der Waals surface area contributed by atoms with Gasteiger partial charge in [-0.05, 0) is 43.0 Å². The number of fused-ring (bicyclic) bond motifs is 1. The van der Waals surface area contributed by atoms with E-state index in [9.17, 15) is 4.79 Å². The van der Waals surface area contributed by atoms with Gasteiger partial charge in [0.15, 0.2) is 0 Å². The van der Waals surface area contributed by atoms with E-state index in [2.05, 4.69) is 35.0 Å². The molecule has 0 aliphatic carbocycles. The summed E-state index contributed by atoms with van der Waals surface area (Å²) in [5.41, 5.74) is 3.30. The number of aryl methyl sites for hydroxylation is 1. The van der Waals surface area contributed by atoms with Crippen LogP contribution in [0.3, 0.4) is 0 Å². The molecule has 1 unspecified atom stereocenters. The maximum absolute atomic E-state index is 11.1. The molecule has 0 radical (unpaired) electrons. The molecule has 2 heterocycles. The van der Waals surface area contributed by atoms with Gasteiger partial charge in [-0.15, -0.1) is 0 Å². The summed E-state index contributed by atoms with van der Waals surface area (Å²) in [7, 11) is 0. The molecule has 4 nitrogen and oxygen atoms in total. The van der Waals surface area contributed by atoms with Gasteiger partial charge in [0.2, 0.25) is 0 Å². The van der Waals surface area contributed by atoms with Gasteiger partial charge in [-0.2, -0.15) is 0 Å². The van der Waals surface area contributed by atoms with Crippen molar-refractivity contribution in [2.24, 2.45) is 5.92 Å². The molecule has 3 rings (SSSR count). The van der Waals surface area contributed by atoms with Crippen molar-refractivity contribution in [3.63, 3.8) is 0 Å². The van der Waals surface area contributed by atoms with Crippen LogP contribution in [-0.2, 0) is 6.42 Å². The maximum atomic E-state index is 11.1. The molecule has 1 aliphatic heterocycles. The van der Waals surface area contributed by atoms with Gasteiger partial charge in [0, 0.05) is 12.2 Å². The number of hydrogen-bond acceptors (Lipinski definition) is 3. The predicted molar refractivity (Wildman–Crippen MR) is 82.2 cm³/mol. The van der Waals surface area contributed by atoms with Crippen molar-refractivity contribution in [2.75, 3.05) is 11.4 Å². The lowest BCUT2D eigenvalue weighted by atomic mass is 9.94. The molecule has 108 valence electrons. The topological polar surface area (TPSA) is 53.4 Å². The largest absolute Gasteiger partial charge is 0.478 e. The Morgan fingerprint density at radius 1 is 1.29 bits per heavy atom. The molecular formula is C17H18N2O2. The van der Waals surface area contributed by atoms with Gasteiger partial charge in [0.05, 0.1) is 11.3 Å². The van der Waals surface area contributed by atoms with Gasteiger partial charge in [-0.3, -0.25) is 0 Å². The minimum absolute atomic E-state index is 0.261. The molecule has 4 heteroatoms. The summed E-state index contributed by atoms with van der Waals surface area (Å²) in [5, 5.41) is 9.11. The number of carboxylic acids is 1. The van der Waals surface area contributed by atoms with Gasteiger partial charge in [0.1, 0.15) is 5.82 Å². The first-order valence-electron chi connectivity index (χ1n) is 7.12. The molecule has 0 spiro atoms. The first-order valence-corrected chi connectivity index (χ1v) is 7.12. The Balaban J connectivity index is 2.05. The predicted octanol–water partition coefficient (Wildman–Crippen LogP) is 3.42. The Bertz CT molecular complexity index is 697. The summed E-state index contributed by atoms with van der Waals surface area (Å²) in [5.74, 6) is 0.427. The SMILES string of the molecule is Cc1nc(N2CC(C)Cc3ccccc32)ccc1C(=O)O.